The van der Waals surface area contributed by atoms with Gasteiger partial charge < -0.3 is 36.1 Å². The number of anilines is 5. The number of carbonyl (C=O) groups excluding carboxylic acids is 5. The van der Waals surface area contributed by atoms with E-state index in [4.69, 9.17) is 21.1 Å². The molecule has 10 aromatic heterocycles. The first-order valence-corrected chi connectivity index (χ1v) is 46.5. The lowest BCUT2D eigenvalue weighted by molar-refractivity contribution is -0.173. The Kier molecular flexibility index (Phi) is 28.3. The zero-order chi connectivity index (χ0) is 107. The number of hydrogen-bond acceptors (Lipinski definition) is 21. The fraction of sp³-hybridized carbons (Fsp3) is 0.108. The highest BCUT2D eigenvalue weighted by Gasteiger charge is 2.39. The highest BCUT2D eigenvalue weighted by atomic mass is 35.5. The monoisotopic (exact) mass is 2020 g/mol. The number of nitriles is 4. The number of benzene rings is 10. The number of amides is 5. The van der Waals surface area contributed by atoms with Crippen LogP contribution < -0.4 is 63.2 Å². The predicted molar refractivity (Wildman–Crippen MR) is 560 cm³/mol. The number of aromatic nitrogens is 15. The number of hydrogen-bond donors (Lipinski definition) is 10. The number of aryl methyl sites for hydroxylation is 10. The number of alkyl halides is 1. The first-order chi connectivity index (χ1) is 72.1. The molecule has 11 heterocycles. The molecule has 1 aliphatic heterocycles. The zero-order valence-corrected chi connectivity index (χ0v) is 82.3. The molecule has 20 aromatic rings. The number of ether oxygens (including phenoxy) is 2. The van der Waals surface area contributed by atoms with E-state index in [1.807, 2.05) is 197 Å². The lowest BCUT2D eigenvalue weighted by Gasteiger charge is -2.12. The van der Waals surface area contributed by atoms with Crippen molar-refractivity contribution in [3.63, 3.8) is 0 Å². The molecular formula is C111H85ClF2N24O12. The fourth-order valence-electron chi connectivity index (χ4n) is 17.5. The number of para-hydroxylation sites is 3. The number of carbonyl (C=O) groups is 5. The molecule has 21 rings (SSSR count). The van der Waals surface area contributed by atoms with Crippen molar-refractivity contribution in [3.8, 4) is 92.1 Å². The average Bonchev–Trinajstić information content (AvgIpc) is 1.64. The normalized spacial score (nSPS) is 12.0. The second kappa shape index (κ2) is 42.1. The molecule has 5 amide bonds. The quantitative estimate of drug-likeness (QED) is 0.0456. The molecule has 150 heavy (non-hydrogen) atoms. The summed E-state index contributed by atoms with van der Waals surface area (Å²) in [6.07, 6.45) is 0. The molecule has 0 saturated heterocycles. The Labute approximate surface area is 853 Å². The zero-order valence-electron chi connectivity index (χ0n) is 81.5. The van der Waals surface area contributed by atoms with Crippen LogP contribution in [0.15, 0.2) is 279 Å². The van der Waals surface area contributed by atoms with Gasteiger partial charge >= 0.3 is 6.04 Å². The van der Waals surface area contributed by atoms with Gasteiger partial charge in [-0.25, -0.2) is 51.9 Å². The molecular weight excluding hydrogens is 1930 g/mol. The first-order valence-electron chi connectivity index (χ1n) is 46.1. The molecule has 36 nitrogen and oxygen atoms in total. The number of fused-ring (bicyclic) bond motifs is 6. The summed E-state index contributed by atoms with van der Waals surface area (Å²) in [5.74, 6) is -3.63. The average molecular weight is 2020 g/mol. The van der Waals surface area contributed by atoms with Crippen molar-refractivity contribution in [2.24, 2.45) is 0 Å². The van der Waals surface area contributed by atoms with Gasteiger partial charge in [0.2, 0.25) is 55.4 Å². The molecule has 0 radical (unpaired) electrons. The van der Waals surface area contributed by atoms with Gasteiger partial charge in [-0.2, -0.15) is 25.4 Å². The summed E-state index contributed by atoms with van der Waals surface area (Å²) >= 11 is 5.98. The second-order valence-electron chi connectivity index (χ2n) is 34.4. The molecule has 1 aliphatic rings. The molecule has 1 unspecified atom stereocenters. The number of halogens is 3. The van der Waals surface area contributed by atoms with Crippen LogP contribution in [-0.2, 0) is 0 Å². The molecule has 10 aromatic carbocycles. The summed E-state index contributed by atoms with van der Waals surface area (Å²) in [5, 5.41) is 65.7. The molecule has 0 bridgehead atoms. The summed E-state index contributed by atoms with van der Waals surface area (Å²) in [6.45, 7) is 18.3. The Balaban J connectivity index is 0.000000128. The van der Waals surface area contributed by atoms with Crippen molar-refractivity contribution in [2.45, 2.75) is 82.2 Å². The van der Waals surface area contributed by atoms with Crippen molar-refractivity contribution in [3.05, 3.63) is 424 Å². The van der Waals surface area contributed by atoms with Gasteiger partial charge in [0.25, 0.3) is 29.5 Å². The maximum Gasteiger partial charge on any atom is 0.404 e. The fourth-order valence-corrected chi connectivity index (χ4v) is 17.6. The second-order valence-corrected chi connectivity index (χ2v) is 34.9. The Morgan fingerprint density at radius 3 is 0.840 bits per heavy atom. The number of aromatic amines is 5. The maximum atomic E-state index is 14.1. The maximum absolute atomic E-state index is 14.1. The first kappa shape index (κ1) is 101. The standard InChI is InChI=1S/C23H19FN4O4.C22H16ClN5O2.C22H16FN5O2.2C22H17N5O2/c1-12-17(22(30)26-15-10-7-11-16-20(15)32-23(3,24)31-16)19(29)21-25-13(2)18(28(21)27-12)14-8-5-4-6-9-14;2*1-12-18(22(30)26-17-10-16(23)9-8-15(17)11-24)20(29)21-25-13(2)19(28(21)27-12)14-6-4-3-5-7-14;2*1-13-18(22(29)25-17-11-7-6-10-16(17)12-23)20(28)21-24-14(2)19(27(21)26-13)15-8-4-3-5-9-15/h4-11,27H,1-3H3,(H,26,30);2*3-10,27H,1-2H3,(H,26,30);2*3-11,26H,1-2H3,(H,25,29). The summed E-state index contributed by atoms with van der Waals surface area (Å²) in [4.78, 5) is 152. The Morgan fingerprint density at radius 2 is 0.553 bits per heavy atom. The van der Waals surface area contributed by atoms with E-state index in [0.29, 0.717) is 84.5 Å². The number of H-pyrrole nitrogens is 5. The molecule has 0 spiro atoms. The van der Waals surface area contributed by atoms with Crippen LogP contribution >= 0.6 is 11.6 Å². The molecule has 39 heteroatoms. The van der Waals surface area contributed by atoms with Gasteiger partial charge in [0.1, 0.15) is 57.9 Å². The summed E-state index contributed by atoms with van der Waals surface area (Å²) in [6, 6.07) is 79.2. The Bertz CT molecular complexity index is 9000. The highest BCUT2D eigenvalue weighted by molar-refractivity contribution is 6.31. The van der Waals surface area contributed by atoms with Crippen molar-refractivity contribution < 1.29 is 42.2 Å². The SMILES string of the molecule is Cc1nc2c(=O)c(C(=O)Nc3cc(Cl)ccc3C#N)c(C)[nH]n2c1-c1ccccc1.Cc1nc2c(=O)c(C(=O)Nc3cc(F)ccc3C#N)c(C)[nH]n2c1-c1ccccc1.Cc1nc2c(=O)c(C(=O)Nc3cccc4c3OC(C)(F)O4)c(C)[nH]n2c1-c1ccccc1.Cc1nc2c(=O)c(C(=O)Nc3ccccc3C#N)c(C)[nH]n2c1-c1ccccc1.Cc1nc2c(=O)c(C(=O)Nc3ccccc3C#N)c(C)[nH]n2c1-c1ccccc1. The van der Waals surface area contributed by atoms with Gasteiger partial charge in [0.05, 0.1) is 108 Å². The van der Waals surface area contributed by atoms with Gasteiger partial charge in [-0.3, -0.25) is 73.4 Å². The number of rotatable bonds is 15. The minimum Gasteiger partial charge on any atom is -0.423 e. The lowest BCUT2D eigenvalue weighted by Crippen LogP contribution is -2.28. The Hall–Kier alpha value is -20.6. The van der Waals surface area contributed by atoms with Crippen molar-refractivity contribution in [1.82, 2.24) is 73.0 Å². The molecule has 0 aliphatic carbocycles. The topological polar surface area (TPSA) is 510 Å². The number of nitrogens with one attached hydrogen (secondary N) is 10. The van der Waals surface area contributed by atoms with Crippen LogP contribution in [0.2, 0.25) is 5.02 Å². The van der Waals surface area contributed by atoms with Gasteiger partial charge in [-0.15, -0.1) is 0 Å². The summed E-state index contributed by atoms with van der Waals surface area (Å²) < 4.78 is 45.9. The van der Waals surface area contributed by atoms with Crippen molar-refractivity contribution in [2.75, 3.05) is 26.6 Å². The van der Waals surface area contributed by atoms with E-state index < -0.39 is 68.5 Å². The van der Waals surface area contributed by atoms with E-state index in [1.54, 1.807) is 132 Å². The van der Waals surface area contributed by atoms with Crippen LogP contribution in [0.3, 0.4) is 0 Å². The van der Waals surface area contributed by atoms with E-state index in [1.165, 1.54) is 30.3 Å². The van der Waals surface area contributed by atoms with Crippen LogP contribution in [-0.4, -0.2) is 109 Å². The van der Waals surface area contributed by atoms with Gasteiger partial charge in [0.15, 0.2) is 11.5 Å². The van der Waals surface area contributed by atoms with Crippen LogP contribution in [0, 0.1) is 120 Å². The summed E-state index contributed by atoms with van der Waals surface area (Å²) in [5.41, 5.74) is 13.1. The molecule has 742 valence electrons. The van der Waals surface area contributed by atoms with E-state index in [0.717, 1.165) is 75.3 Å². The van der Waals surface area contributed by atoms with Crippen LogP contribution in [0.5, 0.6) is 11.5 Å². The van der Waals surface area contributed by atoms with Gasteiger partial charge in [-0.05, 0) is 142 Å². The number of imidazole rings is 5. The van der Waals surface area contributed by atoms with Gasteiger partial charge in [0, 0.05) is 68.2 Å². The van der Waals surface area contributed by atoms with Crippen LogP contribution in [0.25, 0.3) is 84.5 Å². The van der Waals surface area contributed by atoms with E-state index in [9.17, 15) is 77.8 Å². The third kappa shape index (κ3) is 19.9. The largest absolute Gasteiger partial charge is 0.423 e. The highest BCUT2D eigenvalue weighted by Crippen LogP contribution is 2.46. The number of nitrogens with zero attached hydrogens (tertiary/aromatic N) is 14. The van der Waals surface area contributed by atoms with E-state index in [-0.39, 0.29) is 95.7 Å². The molecule has 1 atom stereocenters. The molecule has 0 fully saturated rings. The van der Waals surface area contributed by atoms with E-state index >= 15 is 0 Å². The third-order valence-electron chi connectivity index (χ3n) is 24.1. The van der Waals surface area contributed by atoms with Crippen molar-refractivity contribution in [1.29, 1.82) is 21.0 Å². The molecule has 10 N–H and O–H groups in total. The lowest BCUT2D eigenvalue weighted by atomic mass is 10.1. The van der Waals surface area contributed by atoms with Crippen LogP contribution in [0.4, 0.5) is 37.2 Å². The van der Waals surface area contributed by atoms with E-state index in [2.05, 4.69) is 77.0 Å². The predicted octanol–water partition coefficient (Wildman–Crippen LogP) is 18.5. The summed E-state index contributed by atoms with van der Waals surface area (Å²) in [7, 11) is 0. The smallest absolute Gasteiger partial charge is 0.404 e. The minimum atomic E-state index is -2.34. The Morgan fingerprint density at radius 1 is 0.313 bits per heavy atom. The minimum absolute atomic E-state index is 0.00864. The van der Waals surface area contributed by atoms with Crippen molar-refractivity contribution >= 4 is 97.8 Å². The van der Waals surface area contributed by atoms with Crippen LogP contribution in [0.1, 0.15) is 138 Å². The molecule has 0 saturated carbocycles. The third-order valence-corrected chi connectivity index (χ3v) is 24.4. The van der Waals surface area contributed by atoms with Gasteiger partial charge in [-0.1, -0.05) is 194 Å².